The standard InChI is InChI=1S/C11H15N3O3S/c15-10(16)5-4-8-3-1-2-6-14(8)11(17)9-7-12-13-18-9/h7-8H,1-6H2,(H,15,16)/t8-/m1/s1. The Bertz CT molecular complexity index is 421. The first kappa shape index (κ1) is 12.9. The highest BCUT2D eigenvalue weighted by atomic mass is 32.1. The lowest BCUT2D eigenvalue weighted by Crippen LogP contribution is -2.43. The van der Waals surface area contributed by atoms with Crippen LogP contribution in [-0.2, 0) is 4.79 Å². The largest absolute Gasteiger partial charge is 0.481 e. The van der Waals surface area contributed by atoms with Crippen LogP contribution in [-0.4, -0.2) is 44.1 Å². The van der Waals surface area contributed by atoms with E-state index in [2.05, 4.69) is 9.59 Å². The van der Waals surface area contributed by atoms with Crippen molar-refractivity contribution < 1.29 is 14.7 Å². The lowest BCUT2D eigenvalue weighted by molar-refractivity contribution is -0.137. The molecule has 98 valence electrons. The molecule has 1 aliphatic heterocycles. The van der Waals surface area contributed by atoms with Crippen LogP contribution in [0.3, 0.4) is 0 Å². The Morgan fingerprint density at radius 1 is 1.50 bits per heavy atom. The fourth-order valence-electron chi connectivity index (χ4n) is 2.26. The smallest absolute Gasteiger partial charge is 0.303 e. The van der Waals surface area contributed by atoms with Crippen LogP contribution >= 0.6 is 11.5 Å². The molecule has 2 heterocycles. The Hall–Kier alpha value is -1.50. The molecule has 0 unspecified atom stereocenters. The molecule has 1 aliphatic rings. The lowest BCUT2D eigenvalue weighted by Gasteiger charge is -2.35. The van der Waals surface area contributed by atoms with Crippen LogP contribution in [0.15, 0.2) is 6.20 Å². The molecular formula is C11H15N3O3S. The van der Waals surface area contributed by atoms with Gasteiger partial charge in [-0.25, -0.2) is 0 Å². The third-order valence-corrected chi connectivity index (χ3v) is 3.80. The molecule has 18 heavy (non-hydrogen) atoms. The summed E-state index contributed by atoms with van der Waals surface area (Å²) in [7, 11) is 0. The summed E-state index contributed by atoms with van der Waals surface area (Å²) >= 11 is 1.08. The number of carboxylic acid groups (broad SMARTS) is 1. The van der Waals surface area contributed by atoms with Gasteiger partial charge in [-0.1, -0.05) is 4.49 Å². The Morgan fingerprint density at radius 3 is 3.00 bits per heavy atom. The number of hydrogen-bond donors (Lipinski definition) is 1. The average molecular weight is 269 g/mol. The molecule has 0 saturated carbocycles. The number of amides is 1. The van der Waals surface area contributed by atoms with Gasteiger partial charge in [0.1, 0.15) is 4.88 Å². The van der Waals surface area contributed by atoms with Gasteiger partial charge in [0.2, 0.25) is 0 Å². The Balaban J connectivity index is 2.03. The van der Waals surface area contributed by atoms with Crippen LogP contribution in [0.1, 0.15) is 41.8 Å². The number of rotatable bonds is 4. The average Bonchev–Trinajstić information content (AvgIpc) is 2.89. The van der Waals surface area contributed by atoms with Gasteiger partial charge >= 0.3 is 5.97 Å². The summed E-state index contributed by atoms with van der Waals surface area (Å²) in [4.78, 5) is 25.2. The number of aromatic nitrogens is 2. The molecule has 2 rings (SSSR count). The highest BCUT2D eigenvalue weighted by molar-refractivity contribution is 7.07. The van der Waals surface area contributed by atoms with Crippen molar-refractivity contribution in [1.29, 1.82) is 0 Å². The number of aliphatic carboxylic acids is 1. The van der Waals surface area contributed by atoms with E-state index in [4.69, 9.17) is 5.11 Å². The van der Waals surface area contributed by atoms with Gasteiger partial charge < -0.3 is 10.0 Å². The van der Waals surface area contributed by atoms with Gasteiger partial charge in [-0.3, -0.25) is 9.59 Å². The maximum Gasteiger partial charge on any atom is 0.303 e. The molecule has 6 nitrogen and oxygen atoms in total. The summed E-state index contributed by atoms with van der Waals surface area (Å²) in [6.45, 7) is 0.695. The second-order valence-electron chi connectivity index (χ2n) is 4.36. The Morgan fingerprint density at radius 2 is 2.33 bits per heavy atom. The minimum absolute atomic E-state index is 0.0319. The zero-order valence-electron chi connectivity index (χ0n) is 9.91. The van der Waals surface area contributed by atoms with E-state index in [0.717, 1.165) is 30.8 Å². The summed E-state index contributed by atoms with van der Waals surface area (Å²) in [5.41, 5.74) is 0. The SMILES string of the molecule is O=C(O)CC[C@H]1CCCCN1C(=O)c1cnns1. The van der Waals surface area contributed by atoms with Crippen LogP contribution < -0.4 is 0 Å². The third-order valence-electron chi connectivity index (χ3n) is 3.15. The predicted molar refractivity (Wildman–Crippen MR) is 65.5 cm³/mol. The van der Waals surface area contributed by atoms with E-state index in [0.29, 0.717) is 17.8 Å². The molecule has 1 saturated heterocycles. The molecular weight excluding hydrogens is 254 g/mol. The van der Waals surface area contributed by atoms with Crippen LogP contribution in [0.2, 0.25) is 0 Å². The second-order valence-corrected chi connectivity index (χ2v) is 5.15. The van der Waals surface area contributed by atoms with Gasteiger partial charge in [0.15, 0.2) is 0 Å². The lowest BCUT2D eigenvalue weighted by atomic mass is 9.97. The van der Waals surface area contributed by atoms with Crippen molar-refractivity contribution in [2.45, 2.75) is 38.1 Å². The number of carboxylic acids is 1. The fraction of sp³-hybridized carbons (Fsp3) is 0.636. The summed E-state index contributed by atoms with van der Waals surface area (Å²) in [6, 6.07) is 0.0319. The van der Waals surface area contributed by atoms with Crippen molar-refractivity contribution in [2.75, 3.05) is 6.54 Å². The maximum absolute atomic E-state index is 12.2. The van der Waals surface area contributed by atoms with E-state index in [-0.39, 0.29) is 18.4 Å². The summed E-state index contributed by atoms with van der Waals surface area (Å²) in [5, 5.41) is 12.4. The number of carbonyl (C=O) groups excluding carboxylic acids is 1. The van der Waals surface area contributed by atoms with Crippen LogP contribution in [0.25, 0.3) is 0 Å². The highest BCUT2D eigenvalue weighted by Gasteiger charge is 2.28. The van der Waals surface area contributed by atoms with E-state index in [9.17, 15) is 9.59 Å². The zero-order valence-corrected chi connectivity index (χ0v) is 10.7. The van der Waals surface area contributed by atoms with E-state index in [1.165, 1.54) is 6.20 Å². The summed E-state index contributed by atoms with van der Waals surface area (Å²) in [5.74, 6) is -0.882. The molecule has 0 aliphatic carbocycles. The minimum Gasteiger partial charge on any atom is -0.481 e. The van der Waals surface area contributed by atoms with Crippen molar-refractivity contribution in [3.05, 3.63) is 11.1 Å². The van der Waals surface area contributed by atoms with Gasteiger partial charge in [-0.15, -0.1) is 5.10 Å². The Kier molecular flexibility index (Phi) is 4.24. The Labute approximate surface area is 109 Å². The first-order valence-corrected chi connectivity index (χ1v) is 6.76. The summed E-state index contributed by atoms with van der Waals surface area (Å²) < 4.78 is 3.69. The first-order chi connectivity index (χ1) is 8.68. The molecule has 1 aromatic rings. The topological polar surface area (TPSA) is 83.4 Å². The molecule has 0 spiro atoms. The van der Waals surface area contributed by atoms with Crippen LogP contribution in [0.4, 0.5) is 0 Å². The number of likely N-dealkylation sites (tertiary alicyclic amines) is 1. The van der Waals surface area contributed by atoms with Crippen molar-refractivity contribution in [1.82, 2.24) is 14.5 Å². The molecule has 1 fully saturated rings. The van der Waals surface area contributed by atoms with Crippen molar-refractivity contribution in [3.63, 3.8) is 0 Å². The van der Waals surface area contributed by atoms with Gasteiger partial charge in [0.25, 0.3) is 5.91 Å². The van der Waals surface area contributed by atoms with Crippen molar-refractivity contribution in [2.24, 2.45) is 0 Å². The normalized spacial score (nSPS) is 19.8. The van der Waals surface area contributed by atoms with E-state index < -0.39 is 5.97 Å². The number of nitrogens with zero attached hydrogens (tertiary/aromatic N) is 3. The van der Waals surface area contributed by atoms with Crippen LogP contribution in [0.5, 0.6) is 0 Å². The highest BCUT2D eigenvalue weighted by Crippen LogP contribution is 2.23. The fourth-order valence-corrected chi connectivity index (χ4v) is 2.73. The first-order valence-electron chi connectivity index (χ1n) is 5.98. The molecule has 7 heteroatoms. The number of piperidine rings is 1. The quantitative estimate of drug-likeness (QED) is 0.893. The van der Waals surface area contributed by atoms with Gasteiger partial charge in [-0.2, -0.15) is 0 Å². The van der Waals surface area contributed by atoms with Crippen LogP contribution in [0, 0.1) is 0 Å². The molecule has 0 radical (unpaired) electrons. The third kappa shape index (κ3) is 3.04. The maximum atomic E-state index is 12.2. The van der Waals surface area contributed by atoms with Gasteiger partial charge in [-0.05, 0) is 37.2 Å². The molecule has 1 N–H and O–H groups in total. The van der Waals surface area contributed by atoms with E-state index in [1.807, 2.05) is 0 Å². The molecule has 0 aromatic carbocycles. The van der Waals surface area contributed by atoms with Crippen molar-refractivity contribution in [3.8, 4) is 0 Å². The summed E-state index contributed by atoms with van der Waals surface area (Å²) in [6.07, 6.45) is 5.00. The number of hydrogen-bond acceptors (Lipinski definition) is 5. The molecule has 1 aromatic heterocycles. The molecule has 1 amide bonds. The minimum atomic E-state index is -0.813. The van der Waals surface area contributed by atoms with Gasteiger partial charge in [0, 0.05) is 19.0 Å². The predicted octanol–water partition coefficient (Wildman–Crippen LogP) is 1.40. The zero-order chi connectivity index (χ0) is 13.0. The van der Waals surface area contributed by atoms with E-state index in [1.54, 1.807) is 4.90 Å². The van der Waals surface area contributed by atoms with Gasteiger partial charge in [0.05, 0.1) is 6.20 Å². The molecule has 1 atom stereocenters. The van der Waals surface area contributed by atoms with Crippen molar-refractivity contribution >= 4 is 23.4 Å². The van der Waals surface area contributed by atoms with E-state index >= 15 is 0 Å². The molecule has 0 bridgehead atoms. The second kappa shape index (κ2) is 5.90. The monoisotopic (exact) mass is 269 g/mol. The number of carbonyl (C=O) groups is 2.